The second-order valence-electron chi connectivity index (χ2n) is 7.20. The molecule has 1 atom stereocenters. The Morgan fingerprint density at radius 2 is 2.11 bits per heavy atom. The van der Waals surface area contributed by atoms with Crippen molar-refractivity contribution in [2.24, 2.45) is 5.92 Å². The van der Waals surface area contributed by atoms with Crippen LogP contribution in [0.25, 0.3) is 20.7 Å². The van der Waals surface area contributed by atoms with Gasteiger partial charge in [0.2, 0.25) is 5.91 Å². The van der Waals surface area contributed by atoms with Crippen molar-refractivity contribution in [1.82, 2.24) is 15.3 Å². The maximum absolute atomic E-state index is 12.4. The van der Waals surface area contributed by atoms with E-state index in [4.69, 9.17) is 0 Å². The van der Waals surface area contributed by atoms with E-state index in [-0.39, 0.29) is 17.6 Å². The van der Waals surface area contributed by atoms with Crippen LogP contribution in [0.5, 0.6) is 0 Å². The second-order valence-corrected chi connectivity index (χ2v) is 9.19. The molecule has 0 saturated heterocycles. The molecule has 2 aromatic heterocycles. The molecule has 142 valence electrons. The zero-order valence-corrected chi connectivity index (χ0v) is 17.4. The fourth-order valence-electron chi connectivity index (χ4n) is 3.19. The highest BCUT2D eigenvalue weighted by Crippen LogP contribution is 2.39. The van der Waals surface area contributed by atoms with E-state index in [0.29, 0.717) is 5.82 Å². The fourth-order valence-corrected chi connectivity index (χ4v) is 5.19. The number of carbonyl (C=O) groups is 1. The topological polar surface area (TPSA) is 78.7 Å². The quantitative estimate of drug-likeness (QED) is 0.477. The Bertz CT molecular complexity index is 1070. The van der Waals surface area contributed by atoms with E-state index in [2.05, 4.69) is 39.6 Å². The maximum Gasteiger partial charge on any atom is 0.231 e. The Morgan fingerprint density at radius 1 is 1.36 bits per heavy atom. The Hall–Kier alpha value is -2.43. The van der Waals surface area contributed by atoms with Gasteiger partial charge in [-0.1, -0.05) is 42.1 Å². The van der Waals surface area contributed by atoms with E-state index >= 15 is 0 Å². The predicted octanol–water partition coefficient (Wildman–Crippen LogP) is 4.57. The SMILES string of the molecule is Cc1nc(SCC(=O)N[C@](C)(C#N)C2CC2)c2cc(-c3ccccc3)sc2n1. The van der Waals surface area contributed by atoms with Crippen LogP contribution in [-0.4, -0.2) is 27.2 Å². The van der Waals surface area contributed by atoms with E-state index in [9.17, 15) is 10.1 Å². The molecule has 7 heteroatoms. The summed E-state index contributed by atoms with van der Waals surface area (Å²) in [5, 5.41) is 14.1. The first kappa shape index (κ1) is 18.9. The highest BCUT2D eigenvalue weighted by molar-refractivity contribution is 8.00. The van der Waals surface area contributed by atoms with E-state index < -0.39 is 5.54 Å². The molecule has 2 heterocycles. The zero-order valence-electron chi connectivity index (χ0n) is 15.7. The zero-order chi connectivity index (χ0) is 19.7. The number of amides is 1. The molecule has 1 aliphatic rings. The van der Waals surface area contributed by atoms with Gasteiger partial charge in [0.25, 0.3) is 0 Å². The molecule has 1 saturated carbocycles. The lowest BCUT2D eigenvalue weighted by atomic mass is 9.98. The molecule has 28 heavy (non-hydrogen) atoms. The van der Waals surface area contributed by atoms with Crippen LogP contribution in [0.3, 0.4) is 0 Å². The molecule has 1 aliphatic carbocycles. The number of nitrogens with zero attached hydrogens (tertiary/aromatic N) is 3. The molecule has 1 amide bonds. The first-order valence-corrected chi connectivity index (χ1v) is 11.0. The standard InChI is InChI=1S/C21H20N4OS2/c1-13-23-19(27-11-18(26)25-21(2,12-22)15-8-9-15)16-10-17(28-20(16)24-13)14-6-4-3-5-7-14/h3-7,10,15H,8-9,11H2,1-2H3,(H,25,26)/t21-/m1/s1. The lowest BCUT2D eigenvalue weighted by Crippen LogP contribution is -2.47. The third-order valence-corrected chi connectivity index (χ3v) is 6.96. The van der Waals surface area contributed by atoms with Crippen LogP contribution < -0.4 is 5.32 Å². The second kappa shape index (κ2) is 7.53. The monoisotopic (exact) mass is 408 g/mol. The van der Waals surface area contributed by atoms with Gasteiger partial charge in [0.1, 0.15) is 21.2 Å². The number of hydrogen-bond donors (Lipinski definition) is 1. The van der Waals surface area contributed by atoms with Gasteiger partial charge in [-0.2, -0.15) is 5.26 Å². The normalized spacial score (nSPS) is 15.8. The highest BCUT2D eigenvalue weighted by Gasteiger charge is 2.42. The molecule has 1 aromatic carbocycles. The Morgan fingerprint density at radius 3 is 2.79 bits per heavy atom. The van der Waals surface area contributed by atoms with Crippen LogP contribution in [0.1, 0.15) is 25.6 Å². The lowest BCUT2D eigenvalue weighted by molar-refractivity contribution is -0.119. The summed E-state index contributed by atoms with van der Waals surface area (Å²) in [4.78, 5) is 23.6. The summed E-state index contributed by atoms with van der Waals surface area (Å²) in [5.74, 6) is 1.05. The number of aryl methyl sites for hydroxylation is 1. The molecule has 0 unspecified atom stereocenters. The van der Waals surface area contributed by atoms with Crippen LogP contribution in [-0.2, 0) is 4.79 Å². The van der Waals surface area contributed by atoms with E-state index in [1.54, 1.807) is 11.3 Å². The number of nitrogens with one attached hydrogen (secondary N) is 1. The first-order chi connectivity index (χ1) is 13.5. The maximum atomic E-state index is 12.4. The van der Waals surface area contributed by atoms with Crippen molar-refractivity contribution in [3.8, 4) is 16.5 Å². The van der Waals surface area contributed by atoms with E-state index in [1.165, 1.54) is 11.8 Å². The van der Waals surface area contributed by atoms with Crippen molar-refractivity contribution in [3.05, 3.63) is 42.2 Å². The Kier molecular flexibility index (Phi) is 5.09. The molecule has 0 bridgehead atoms. The van der Waals surface area contributed by atoms with Crippen LogP contribution in [0.2, 0.25) is 0 Å². The van der Waals surface area contributed by atoms with Crippen molar-refractivity contribution in [2.45, 2.75) is 37.3 Å². The van der Waals surface area contributed by atoms with E-state index in [1.807, 2.05) is 32.0 Å². The molecule has 1 fully saturated rings. The molecule has 4 rings (SSSR count). The summed E-state index contributed by atoms with van der Waals surface area (Å²) in [6.45, 7) is 3.68. The lowest BCUT2D eigenvalue weighted by Gasteiger charge is -2.22. The average molecular weight is 409 g/mol. The van der Waals surface area contributed by atoms with Crippen molar-refractivity contribution in [3.63, 3.8) is 0 Å². The summed E-state index contributed by atoms with van der Waals surface area (Å²) in [6, 6.07) is 14.5. The number of rotatable bonds is 6. The van der Waals surface area contributed by atoms with Crippen molar-refractivity contribution >= 4 is 39.2 Å². The van der Waals surface area contributed by atoms with Crippen LogP contribution >= 0.6 is 23.1 Å². The molecular formula is C21H20N4OS2. The number of aromatic nitrogens is 2. The van der Waals surface area contributed by atoms with Crippen molar-refractivity contribution < 1.29 is 4.79 Å². The minimum Gasteiger partial charge on any atom is -0.337 e. The van der Waals surface area contributed by atoms with Gasteiger partial charge < -0.3 is 5.32 Å². The summed E-state index contributed by atoms with van der Waals surface area (Å²) >= 11 is 3.03. The molecule has 0 aliphatic heterocycles. The number of nitriles is 1. The van der Waals surface area contributed by atoms with Crippen LogP contribution in [0.4, 0.5) is 0 Å². The molecule has 0 spiro atoms. The number of thiophene rings is 1. The predicted molar refractivity (Wildman–Crippen MR) is 113 cm³/mol. The van der Waals surface area contributed by atoms with Crippen LogP contribution in [0, 0.1) is 24.2 Å². The minimum absolute atomic E-state index is 0.135. The van der Waals surface area contributed by atoms with Gasteiger partial charge in [-0.3, -0.25) is 4.79 Å². The number of carbonyl (C=O) groups excluding carboxylic acids is 1. The Labute approximate surface area is 172 Å². The van der Waals surface area contributed by atoms with Gasteiger partial charge in [-0.15, -0.1) is 11.3 Å². The molecule has 5 nitrogen and oxygen atoms in total. The van der Waals surface area contributed by atoms with Gasteiger partial charge >= 0.3 is 0 Å². The fraction of sp³-hybridized carbons (Fsp3) is 0.333. The highest BCUT2D eigenvalue weighted by atomic mass is 32.2. The summed E-state index contributed by atoms with van der Waals surface area (Å²) in [7, 11) is 0. The van der Waals surface area contributed by atoms with Gasteiger partial charge in [0.15, 0.2) is 0 Å². The Balaban J connectivity index is 1.54. The van der Waals surface area contributed by atoms with Gasteiger partial charge in [0, 0.05) is 10.3 Å². The largest absolute Gasteiger partial charge is 0.337 e. The molecular weight excluding hydrogens is 388 g/mol. The number of hydrogen-bond acceptors (Lipinski definition) is 6. The third-order valence-electron chi connectivity index (χ3n) is 4.89. The summed E-state index contributed by atoms with van der Waals surface area (Å²) < 4.78 is 0. The average Bonchev–Trinajstić information content (AvgIpc) is 3.47. The molecule has 1 N–H and O–H groups in total. The van der Waals surface area contributed by atoms with Crippen molar-refractivity contribution in [1.29, 1.82) is 5.26 Å². The molecule has 0 radical (unpaired) electrons. The van der Waals surface area contributed by atoms with Gasteiger partial charge in [0.05, 0.1) is 11.8 Å². The summed E-state index contributed by atoms with van der Waals surface area (Å²) in [5.41, 5.74) is 0.378. The first-order valence-electron chi connectivity index (χ1n) is 9.17. The smallest absolute Gasteiger partial charge is 0.231 e. The third kappa shape index (κ3) is 3.89. The number of fused-ring (bicyclic) bond motifs is 1. The van der Waals surface area contributed by atoms with E-state index in [0.717, 1.165) is 38.5 Å². The van der Waals surface area contributed by atoms with Gasteiger partial charge in [-0.25, -0.2) is 9.97 Å². The van der Waals surface area contributed by atoms with Crippen LogP contribution in [0.15, 0.2) is 41.4 Å². The van der Waals surface area contributed by atoms with Crippen molar-refractivity contribution in [2.75, 3.05) is 5.75 Å². The molecule has 3 aromatic rings. The number of benzene rings is 1. The summed E-state index contributed by atoms with van der Waals surface area (Å²) in [6.07, 6.45) is 2.00. The van der Waals surface area contributed by atoms with Gasteiger partial charge in [-0.05, 0) is 44.2 Å². The number of thioether (sulfide) groups is 1. The minimum atomic E-state index is -0.766.